The zero-order chi connectivity index (χ0) is 12.4. The molecule has 96 valence electrons. The average molecular weight is 247 g/mol. The molecule has 1 aliphatic rings. The lowest BCUT2D eigenvalue weighted by Crippen LogP contribution is -2.39. The van der Waals surface area contributed by atoms with E-state index in [0.29, 0.717) is 11.6 Å². The van der Waals surface area contributed by atoms with Crippen molar-refractivity contribution in [1.29, 1.82) is 0 Å². The summed E-state index contributed by atoms with van der Waals surface area (Å²) in [7, 11) is 0. The number of anilines is 1. The quantitative estimate of drug-likeness (QED) is 0.771. The van der Waals surface area contributed by atoms with Gasteiger partial charge in [-0.3, -0.25) is 4.98 Å². The van der Waals surface area contributed by atoms with Gasteiger partial charge in [0.2, 0.25) is 0 Å². The number of nitrogens with one attached hydrogen (secondary N) is 3. The number of piperidine rings is 1. The van der Waals surface area contributed by atoms with E-state index in [4.69, 9.17) is 4.42 Å². The van der Waals surface area contributed by atoms with Gasteiger partial charge >= 0.3 is 5.76 Å². The molecule has 1 fully saturated rings. The Morgan fingerprint density at radius 2 is 2.33 bits per heavy atom. The number of fused-ring (bicyclic) bond motifs is 1. The molecule has 1 aromatic carbocycles. The lowest BCUT2D eigenvalue weighted by molar-refractivity contribution is 0.414. The van der Waals surface area contributed by atoms with Crippen molar-refractivity contribution in [1.82, 2.24) is 10.3 Å². The predicted molar refractivity (Wildman–Crippen MR) is 71.0 cm³/mol. The number of hydrogen-bond donors (Lipinski definition) is 3. The number of aromatic amines is 1. The Hall–Kier alpha value is -1.75. The van der Waals surface area contributed by atoms with Crippen LogP contribution in [0.25, 0.3) is 11.1 Å². The molecule has 3 rings (SSSR count). The first kappa shape index (κ1) is 11.3. The molecular weight excluding hydrogens is 230 g/mol. The van der Waals surface area contributed by atoms with Crippen LogP contribution >= 0.6 is 0 Å². The van der Waals surface area contributed by atoms with Crippen LogP contribution in [0.3, 0.4) is 0 Å². The molecule has 0 bridgehead atoms. The van der Waals surface area contributed by atoms with E-state index in [2.05, 4.69) is 15.6 Å². The molecule has 0 radical (unpaired) electrons. The summed E-state index contributed by atoms with van der Waals surface area (Å²) in [5, 5.41) is 6.87. The summed E-state index contributed by atoms with van der Waals surface area (Å²) in [6, 6.07) is 6.21. The fourth-order valence-corrected chi connectivity index (χ4v) is 2.39. The average Bonchev–Trinajstić information content (AvgIpc) is 2.77. The van der Waals surface area contributed by atoms with E-state index < -0.39 is 5.76 Å². The maximum absolute atomic E-state index is 11.1. The third kappa shape index (κ3) is 2.41. The van der Waals surface area contributed by atoms with Gasteiger partial charge in [0, 0.05) is 24.3 Å². The van der Waals surface area contributed by atoms with Gasteiger partial charge in [-0.1, -0.05) is 6.42 Å². The minimum Gasteiger partial charge on any atom is -0.408 e. The van der Waals surface area contributed by atoms with Crippen molar-refractivity contribution < 1.29 is 4.42 Å². The zero-order valence-electron chi connectivity index (χ0n) is 10.2. The Labute approximate surface area is 105 Å². The number of oxazole rings is 1. The standard InChI is InChI=1S/C13H17N3O2/c17-13-16-11-5-4-9(7-12(11)18-13)15-8-10-3-1-2-6-14-10/h4-5,7,10,14-15H,1-3,6,8H2,(H,16,17). The molecule has 0 saturated carbocycles. The van der Waals surface area contributed by atoms with Crippen LogP contribution in [0.2, 0.25) is 0 Å². The van der Waals surface area contributed by atoms with Gasteiger partial charge in [0.15, 0.2) is 5.58 Å². The third-order valence-electron chi connectivity index (χ3n) is 3.39. The van der Waals surface area contributed by atoms with Crippen LogP contribution in [0, 0.1) is 0 Å². The summed E-state index contributed by atoms with van der Waals surface area (Å²) in [6.07, 6.45) is 3.79. The molecule has 5 heteroatoms. The SMILES string of the molecule is O=c1[nH]c2ccc(NCC3CCCCN3)cc2o1. The first-order valence-corrected chi connectivity index (χ1v) is 6.41. The van der Waals surface area contributed by atoms with Crippen LogP contribution in [-0.4, -0.2) is 24.1 Å². The smallest absolute Gasteiger partial charge is 0.408 e. The van der Waals surface area contributed by atoms with Gasteiger partial charge in [-0.25, -0.2) is 4.79 Å². The fourth-order valence-electron chi connectivity index (χ4n) is 2.39. The highest BCUT2D eigenvalue weighted by molar-refractivity contribution is 5.76. The largest absolute Gasteiger partial charge is 0.417 e. The predicted octanol–water partition coefficient (Wildman–Crippen LogP) is 1.68. The van der Waals surface area contributed by atoms with E-state index in [1.165, 1.54) is 19.3 Å². The highest BCUT2D eigenvalue weighted by Crippen LogP contribution is 2.16. The van der Waals surface area contributed by atoms with Crippen LogP contribution in [0.1, 0.15) is 19.3 Å². The van der Waals surface area contributed by atoms with Crippen LogP contribution in [0.4, 0.5) is 5.69 Å². The first-order chi connectivity index (χ1) is 8.81. The topological polar surface area (TPSA) is 70.1 Å². The first-order valence-electron chi connectivity index (χ1n) is 6.41. The van der Waals surface area contributed by atoms with Gasteiger partial charge in [0.25, 0.3) is 0 Å². The summed E-state index contributed by atoms with van der Waals surface area (Å²) in [5.74, 6) is -0.406. The molecule has 5 nitrogen and oxygen atoms in total. The Bertz CT molecular complexity index is 581. The highest BCUT2D eigenvalue weighted by atomic mass is 16.4. The molecular formula is C13H17N3O2. The number of benzene rings is 1. The number of aromatic nitrogens is 1. The molecule has 3 N–H and O–H groups in total. The second kappa shape index (κ2) is 4.86. The van der Waals surface area contributed by atoms with Crippen LogP contribution in [-0.2, 0) is 0 Å². The second-order valence-electron chi connectivity index (χ2n) is 4.75. The van der Waals surface area contributed by atoms with Crippen LogP contribution in [0.5, 0.6) is 0 Å². The van der Waals surface area contributed by atoms with Gasteiger partial charge in [0.1, 0.15) is 0 Å². The molecule has 18 heavy (non-hydrogen) atoms. The Kier molecular flexibility index (Phi) is 3.06. The molecule has 1 atom stereocenters. The van der Waals surface area contributed by atoms with Gasteiger partial charge < -0.3 is 15.1 Å². The zero-order valence-corrected chi connectivity index (χ0v) is 10.2. The van der Waals surface area contributed by atoms with E-state index in [9.17, 15) is 4.79 Å². The number of H-pyrrole nitrogens is 1. The van der Waals surface area contributed by atoms with Crippen molar-refractivity contribution in [2.24, 2.45) is 0 Å². The van der Waals surface area contributed by atoms with E-state index >= 15 is 0 Å². The summed E-state index contributed by atoms with van der Waals surface area (Å²) in [4.78, 5) is 13.7. The van der Waals surface area contributed by atoms with Gasteiger partial charge in [-0.05, 0) is 31.5 Å². The molecule has 0 aliphatic carbocycles. The Morgan fingerprint density at radius 1 is 1.39 bits per heavy atom. The summed E-state index contributed by atoms with van der Waals surface area (Å²) < 4.78 is 5.03. The number of rotatable bonds is 3. The van der Waals surface area contributed by atoms with Crippen molar-refractivity contribution in [3.05, 3.63) is 28.7 Å². The maximum Gasteiger partial charge on any atom is 0.417 e. The van der Waals surface area contributed by atoms with E-state index in [1.807, 2.05) is 18.2 Å². The monoisotopic (exact) mass is 247 g/mol. The molecule has 2 aromatic rings. The van der Waals surface area contributed by atoms with Gasteiger partial charge in [0.05, 0.1) is 5.52 Å². The Morgan fingerprint density at radius 3 is 3.17 bits per heavy atom. The summed E-state index contributed by atoms with van der Waals surface area (Å²) in [5.41, 5.74) is 2.32. The normalized spacial score (nSPS) is 20.1. The van der Waals surface area contributed by atoms with E-state index in [1.54, 1.807) is 0 Å². The van der Waals surface area contributed by atoms with Crippen molar-refractivity contribution in [2.45, 2.75) is 25.3 Å². The van der Waals surface area contributed by atoms with Gasteiger partial charge in [-0.15, -0.1) is 0 Å². The van der Waals surface area contributed by atoms with E-state index in [0.717, 1.165) is 24.3 Å². The van der Waals surface area contributed by atoms with Crippen molar-refractivity contribution in [2.75, 3.05) is 18.4 Å². The highest BCUT2D eigenvalue weighted by Gasteiger charge is 2.12. The summed E-state index contributed by atoms with van der Waals surface area (Å²) >= 11 is 0. The minimum absolute atomic E-state index is 0.406. The molecule has 2 heterocycles. The second-order valence-corrected chi connectivity index (χ2v) is 4.75. The minimum atomic E-state index is -0.406. The molecule has 1 aromatic heterocycles. The van der Waals surface area contributed by atoms with Crippen molar-refractivity contribution in [3.8, 4) is 0 Å². The molecule has 0 amide bonds. The van der Waals surface area contributed by atoms with Crippen LogP contribution < -0.4 is 16.4 Å². The Balaban J connectivity index is 1.68. The third-order valence-corrected chi connectivity index (χ3v) is 3.39. The molecule has 0 spiro atoms. The van der Waals surface area contributed by atoms with Gasteiger partial charge in [-0.2, -0.15) is 0 Å². The lowest BCUT2D eigenvalue weighted by atomic mass is 10.1. The molecule has 1 unspecified atom stereocenters. The van der Waals surface area contributed by atoms with Crippen molar-refractivity contribution >= 4 is 16.8 Å². The fraction of sp³-hybridized carbons (Fsp3) is 0.462. The molecule has 1 saturated heterocycles. The lowest BCUT2D eigenvalue weighted by Gasteiger charge is -2.24. The molecule has 1 aliphatic heterocycles. The number of hydrogen-bond acceptors (Lipinski definition) is 4. The summed E-state index contributed by atoms with van der Waals surface area (Å²) in [6.45, 7) is 2.01. The van der Waals surface area contributed by atoms with Crippen LogP contribution in [0.15, 0.2) is 27.4 Å². The van der Waals surface area contributed by atoms with Crippen molar-refractivity contribution in [3.63, 3.8) is 0 Å². The maximum atomic E-state index is 11.1. The van der Waals surface area contributed by atoms with E-state index in [-0.39, 0.29) is 0 Å².